The van der Waals surface area contributed by atoms with Gasteiger partial charge in [0, 0.05) is 36.9 Å². The minimum atomic E-state index is -4.42. The number of nitro groups is 1. The second-order valence-electron chi connectivity index (χ2n) is 5.43. The molecule has 2 heterocycles. The maximum atomic E-state index is 12.8. The molecular weight excluding hydrogens is 363 g/mol. The normalized spacial score (nSPS) is 14.7. The van der Waals surface area contributed by atoms with E-state index in [2.05, 4.69) is 9.97 Å². The number of hydrogen-bond donors (Lipinski definition) is 0. The molecule has 3 rings (SSSR count). The van der Waals surface area contributed by atoms with Crippen LogP contribution in [0.4, 0.5) is 24.7 Å². The van der Waals surface area contributed by atoms with Crippen molar-refractivity contribution >= 4 is 23.1 Å². The van der Waals surface area contributed by atoms with Gasteiger partial charge in [0.25, 0.3) is 5.69 Å². The van der Waals surface area contributed by atoms with Crippen molar-refractivity contribution in [1.82, 2.24) is 15.0 Å². The Bertz CT molecular complexity index is 828. The Labute approximate surface area is 144 Å². The van der Waals surface area contributed by atoms with Gasteiger partial charge < -0.3 is 0 Å². The maximum absolute atomic E-state index is 12.8. The van der Waals surface area contributed by atoms with E-state index >= 15 is 0 Å². The molecule has 0 unspecified atom stereocenters. The van der Waals surface area contributed by atoms with Crippen LogP contribution in [0.15, 0.2) is 24.3 Å². The molecule has 0 amide bonds. The molecule has 0 radical (unpaired) electrons. The van der Waals surface area contributed by atoms with Crippen molar-refractivity contribution in [2.45, 2.75) is 12.7 Å². The Morgan fingerprint density at radius 3 is 2.48 bits per heavy atom. The molecule has 0 aliphatic carbocycles. The van der Waals surface area contributed by atoms with Crippen LogP contribution in [-0.2, 0) is 6.54 Å². The summed E-state index contributed by atoms with van der Waals surface area (Å²) >= 11 is 6.11. The first-order valence-electron chi connectivity index (χ1n) is 7.02. The van der Waals surface area contributed by atoms with Gasteiger partial charge >= 0.3 is 6.18 Å². The Morgan fingerprint density at radius 1 is 1.28 bits per heavy atom. The number of alkyl halides is 3. The van der Waals surface area contributed by atoms with Crippen molar-refractivity contribution in [2.75, 3.05) is 18.6 Å². The highest BCUT2D eigenvalue weighted by Gasteiger charge is 2.38. The highest BCUT2D eigenvalue weighted by atomic mass is 35.5. The second-order valence-corrected chi connectivity index (χ2v) is 5.79. The summed E-state index contributed by atoms with van der Waals surface area (Å²) in [6.07, 6.45) is -4.42. The Morgan fingerprint density at radius 2 is 1.92 bits per heavy atom. The van der Waals surface area contributed by atoms with Gasteiger partial charge in [-0.3, -0.25) is 15.1 Å². The van der Waals surface area contributed by atoms with Crippen LogP contribution in [0.3, 0.4) is 0 Å². The van der Waals surface area contributed by atoms with Crippen molar-refractivity contribution in [3.8, 4) is 11.4 Å². The van der Waals surface area contributed by atoms with Crippen LogP contribution in [0.25, 0.3) is 11.4 Å². The van der Waals surface area contributed by atoms with Crippen LogP contribution in [0.5, 0.6) is 0 Å². The molecule has 2 aromatic rings. The summed E-state index contributed by atoms with van der Waals surface area (Å²) in [7, 11) is 1.50. The molecule has 1 aromatic heterocycles. The minimum Gasteiger partial charge on any atom is -0.280 e. The number of fused-ring (bicyclic) bond motifs is 1. The van der Waals surface area contributed by atoms with Crippen LogP contribution in [0.2, 0.25) is 5.15 Å². The van der Waals surface area contributed by atoms with Crippen molar-refractivity contribution < 1.29 is 18.1 Å². The molecule has 0 N–H and O–H groups in total. The van der Waals surface area contributed by atoms with Gasteiger partial charge in [0.1, 0.15) is 11.7 Å². The molecule has 0 bridgehead atoms. The van der Waals surface area contributed by atoms with Gasteiger partial charge in [-0.15, -0.1) is 0 Å². The van der Waals surface area contributed by atoms with E-state index in [0.29, 0.717) is 11.1 Å². The topological polar surface area (TPSA) is 75.4 Å². The Balaban J connectivity index is 2.02. The summed E-state index contributed by atoms with van der Waals surface area (Å²) in [5.74, 6) is 0.175. The zero-order valence-electron chi connectivity index (χ0n) is 12.8. The Hall–Kier alpha value is -2.46. The molecule has 1 aliphatic heterocycles. The predicted octanol–water partition coefficient (Wildman–Crippen LogP) is 3.43. The average molecular weight is 374 g/mol. The third kappa shape index (κ3) is 3.49. The molecule has 0 spiro atoms. The van der Waals surface area contributed by atoms with Crippen molar-refractivity contribution in [1.29, 1.82) is 0 Å². The minimum absolute atomic E-state index is 0.0508. The van der Waals surface area contributed by atoms with Crippen molar-refractivity contribution in [3.05, 3.63) is 45.1 Å². The fraction of sp³-hybridized carbons (Fsp3) is 0.286. The monoisotopic (exact) mass is 373 g/mol. The maximum Gasteiger partial charge on any atom is 0.407 e. The van der Waals surface area contributed by atoms with E-state index in [1.807, 2.05) is 0 Å². The first-order chi connectivity index (χ1) is 11.7. The van der Waals surface area contributed by atoms with E-state index in [9.17, 15) is 23.3 Å². The van der Waals surface area contributed by atoms with Crippen LogP contribution in [0.1, 0.15) is 5.56 Å². The third-order valence-corrected chi connectivity index (χ3v) is 3.96. The zero-order chi connectivity index (χ0) is 18.4. The second kappa shape index (κ2) is 6.12. The summed E-state index contributed by atoms with van der Waals surface area (Å²) in [6, 6.07) is 5.37. The van der Waals surface area contributed by atoms with Gasteiger partial charge in [-0.05, 0) is 12.1 Å². The van der Waals surface area contributed by atoms with Gasteiger partial charge in [-0.25, -0.2) is 15.0 Å². The van der Waals surface area contributed by atoms with Crippen LogP contribution >= 0.6 is 11.6 Å². The molecule has 0 saturated heterocycles. The fourth-order valence-electron chi connectivity index (χ4n) is 2.50. The number of hydrazine groups is 1. The molecule has 25 heavy (non-hydrogen) atoms. The molecule has 1 aliphatic rings. The summed E-state index contributed by atoms with van der Waals surface area (Å²) in [5, 5.41) is 13.1. The van der Waals surface area contributed by atoms with Gasteiger partial charge in [0.2, 0.25) is 0 Å². The van der Waals surface area contributed by atoms with E-state index < -0.39 is 17.6 Å². The number of anilines is 1. The Kier molecular flexibility index (Phi) is 4.25. The first kappa shape index (κ1) is 17.4. The van der Waals surface area contributed by atoms with E-state index in [0.717, 1.165) is 5.01 Å². The van der Waals surface area contributed by atoms with Crippen molar-refractivity contribution in [2.24, 2.45) is 0 Å². The number of hydrogen-bond acceptors (Lipinski definition) is 6. The lowest BCUT2D eigenvalue weighted by Gasteiger charge is -2.26. The van der Waals surface area contributed by atoms with Gasteiger partial charge in [-0.1, -0.05) is 11.6 Å². The van der Waals surface area contributed by atoms with Gasteiger partial charge in [0.15, 0.2) is 11.6 Å². The number of benzene rings is 1. The summed E-state index contributed by atoms with van der Waals surface area (Å²) in [4.78, 5) is 18.4. The lowest BCUT2D eigenvalue weighted by molar-refractivity contribution is -0.384. The first-order valence-corrected chi connectivity index (χ1v) is 7.40. The molecular formula is C14H11ClF3N5O2. The van der Waals surface area contributed by atoms with Crippen LogP contribution < -0.4 is 5.01 Å². The fourth-order valence-corrected chi connectivity index (χ4v) is 2.72. The van der Waals surface area contributed by atoms with Gasteiger partial charge in [-0.2, -0.15) is 13.2 Å². The smallest absolute Gasteiger partial charge is 0.280 e. The number of nitro benzene ring substituents is 1. The molecule has 0 fully saturated rings. The lowest BCUT2D eigenvalue weighted by atomic mass is 10.2. The molecule has 0 atom stereocenters. The summed E-state index contributed by atoms with van der Waals surface area (Å²) in [6.45, 7) is -1.05. The molecule has 7 nitrogen and oxygen atoms in total. The lowest BCUT2D eigenvalue weighted by Crippen LogP contribution is -2.41. The highest BCUT2D eigenvalue weighted by Crippen LogP contribution is 2.36. The number of nitrogens with zero attached hydrogens (tertiary/aromatic N) is 5. The quantitative estimate of drug-likeness (QED) is 0.466. The van der Waals surface area contributed by atoms with E-state index in [1.54, 1.807) is 0 Å². The largest absolute Gasteiger partial charge is 0.407 e. The summed E-state index contributed by atoms with van der Waals surface area (Å²) in [5.41, 5.74) is 0.699. The SMILES string of the molecule is CN1Cc2c(Cl)nc(-c3ccc([N+](=O)[O-])cc3)nc2N1CC(F)(F)F. The van der Waals surface area contributed by atoms with Crippen LogP contribution in [0, 0.1) is 10.1 Å². The zero-order valence-corrected chi connectivity index (χ0v) is 13.5. The number of halogens is 4. The van der Waals surface area contributed by atoms with E-state index in [1.165, 1.54) is 36.3 Å². The van der Waals surface area contributed by atoms with E-state index in [4.69, 9.17) is 11.6 Å². The van der Waals surface area contributed by atoms with E-state index in [-0.39, 0.29) is 29.0 Å². The molecule has 11 heteroatoms. The highest BCUT2D eigenvalue weighted by molar-refractivity contribution is 6.30. The van der Waals surface area contributed by atoms with Crippen molar-refractivity contribution in [3.63, 3.8) is 0 Å². The predicted molar refractivity (Wildman–Crippen MR) is 84.0 cm³/mol. The number of non-ortho nitro benzene ring substituents is 1. The molecule has 0 saturated carbocycles. The molecule has 132 valence electrons. The third-order valence-electron chi connectivity index (χ3n) is 3.64. The standard InChI is InChI=1S/C14H11ClF3N5O2/c1-21-6-10-11(15)19-12(8-2-4-9(5-3-8)23(24)25)20-13(10)22(21)7-14(16,17)18/h2-5H,6-7H2,1H3. The average Bonchev–Trinajstić information content (AvgIpc) is 2.83. The van der Waals surface area contributed by atoms with Crippen LogP contribution in [-0.4, -0.2) is 39.7 Å². The summed E-state index contributed by atoms with van der Waals surface area (Å²) < 4.78 is 38.4. The number of rotatable bonds is 3. The number of aromatic nitrogens is 2. The van der Waals surface area contributed by atoms with Gasteiger partial charge in [0.05, 0.1) is 4.92 Å². The molecule has 1 aromatic carbocycles.